The third-order valence-electron chi connectivity index (χ3n) is 7.41. The van der Waals surface area contributed by atoms with E-state index >= 15 is 4.39 Å². The third kappa shape index (κ3) is 5.65. The van der Waals surface area contributed by atoms with Crippen molar-refractivity contribution in [3.05, 3.63) is 94.2 Å². The molecule has 0 spiro atoms. The molecule has 43 heavy (non-hydrogen) atoms. The number of carbonyl (C=O) groups excluding carboxylic acids is 1. The second kappa shape index (κ2) is 12.2. The predicted molar refractivity (Wildman–Crippen MR) is 162 cm³/mol. The summed E-state index contributed by atoms with van der Waals surface area (Å²) in [6, 6.07) is 17.3. The molecule has 220 valence electrons. The number of pyridine rings is 1. The fourth-order valence-corrected chi connectivity index (χ4v) is 6.23. The molecular weight excluding hydrogens is 571 g/mol. The van der Waals surface area contributed by atoms with Gasteiger partial charge >= 0.3 is 0 Å². The van der Waals surface area contributed by atoms with Crippen LogP contribution in [0.25, 0.3) is 21.9 Å². The highest BCUT2D eigenvalue weighted by Gasteiger charge is 2.33. The number of nitrogens with one attached hydrogen (secondary N) is 1. The Morgan fingerprint density at radius 2 is 1.93 bits per heavy atom. The molecule has 4 heterocycles. The number of amides is 1. The van der Waals surface area contributed by atoms with Crippen LogP contribution < -0.4 is 25.2 Å². The molecule has 1 amide bonds. The Kier molecular flexibility index (Phi) is 8.01. The number of halogens is 1. The number of fused-ring (bicyclic) bond motifs is 1. The summed E-state index contributed by atoms with van der Waals surface area (Å²) in [5, 5.41) is 3.54. The van der Waals surface area contributed by atoms with Crippen molar-refractivity contribution < 1.29 is 18.7 Å². The van der Waals surface area contributed by atoms with Crippen molar-refractivity contribution in [1.29, 1.82) is 0 Å². The minimum absolute atomic E-state index is 0.0291. The largest absolute Gasteiger partial charge is 0.497 e. The highest BCUT2D eigenvalue weighted by molar-refractivity contribution is 7.21. The van der Waals surface area contributed by atoms with Gasteiger partial charge in [0, 0.05) is 30.9 Å². The molecule has 0 saturated carbocycles. The van der Waals surface area contributed by atoms with Crippen LogP contribution >= 0.6 is 11.3 Å². The molecule has 0 aliphatic carbocycles. The van der Waals surface area contributed by atoms with Gasteiger partial charge in [-0.05, 0) is 42.7 Å². The first kappa shape index (κ1) is 28.3. The predicted octanol–water partition coefficient (Wildman–Crippen LogP) is 4.40. The Bertz CT molecular complexity index is 1840. The molecule has 2 aromatic carbocycles. The summed E-state index contributed by atoms with van der Waals surface area (Å²) >= 11 is 1.21. The van der Waals surface area contributed by atoms with Crippen LogP contribution in [0.1, 0.15) is 24.0 Å². The molecule has 1 aliphatic heterocycles. The van der Waals surface area contributed by atoms with Crippen LogP contribution in [0.5, 0.6) is 11.5 Å². The Hall–Kier alpha value is -4.84. The smallest absolute Gasteiger partial charge is 0.281 e. The van der Waals surface area contributed by atoms with E-state index in [2.05, 4.69) is 15.3 Å². The van der Waals surface area contributed by atoms with Crippen LogP contribution in [0, 0.1) is 5.82 Å². The Balaban J connectivity index is 1.39. The second-order valence-corrected chi connectivity index (χ2v) is 11.0. The number of aromatic nitrogens is 4. The molecule has 5 aromatic rings. The maximum absolute atomic E-state index is 15.0. The van der Waals surface area contributed by atoms with Crippen molar-refractivity contribution >= 4 is 32.7 Å². The lowest BCUT2D eigenvalue weighted by atomic mass is 10.1. The molecular formula is C31H29FN6O4S. The number of hydrogen-bond donors (Lipinski definition) is 1. The van der Waals surface area contributed by atoms with E-state index in [-0.39, 0.29) is 29.5 Å². The summed E-state index contributed by atoms with van der Waals surface area (Å²) in [6.45, 7) is 1.06. The van der Waals surface area contributed by atoms with E-state index in [9.17, 15) is 9.59 Å². The summed E-state index contributed by atoms with van der Waals surface area (Å²) in [7, 11) is 3.08. The van der Waals surface area contributed by atoms with Crippen molar-refractivity contribution in [1.82, 2.24) is 24.8 Å². The first-order chi connectivity index (χ1) is 21.0. The molecule has 1 atom stereocenters. The number of benzene rings is 2. The lowest BCUT2D eigenvalue weighted by molar-refractivity contribution is -0.122. The van der Waals surface area contributed by atoms with Crippen LogP contribution in [0.15, 0.2) is 71.7 Å². The van der Waals surface area contributed by atoms with E-state index in [0.717, 1.165) is 12.0 Å². The van der Waals surface area contributed by atoms with Crippen LogP contribution in [0.3, 0.4) is 0 Å². The van der Waals surface area contributed by atoms with Gasteiger partial charge < -0.3 is 19.7 Å². The number of methoxy groups -OCH3 is 2. The van der Waals surface area contributed by atoms with E-state index in [1.807, 2.05) is 35.2 Å². The van der Waals surface area contributed by atoms with Crippen molar-refractivity contribution in [2.75, 3.05) is 25.7 Å². The molecule has 3 aromatic heterocycles. The summed E-state index contributed by atoms with van der Waals surface area (Å²) < 4.78 is 27.2. The van der Waals surface area contributed by atoms with Gasteiger partial charge in [0.05, 0.1) is 20.8 Å². The Labute approximate surface area is 250 Å². The van der Waals surface area contributed by atoms with Crippen molar-refractivity contribution in [2.45, 2.75) is 32.0 Å². The summed E-state index contributed by atoms with van der Waals surface area (Å²) in [4.78, 5) is 43.1. The van der Waals surface area contributed by atoms with Crippen LogP contribution in [-0.2, 0) is 17.9 Å². The van der Waals surface area contributed by atoms with Crippen LogP contribution in [-0.4, -0.2) is 52.2 Å². The maximum atomic E-state index is 15.0. The molecule has 1 N–H and O–H groups in total. The van der Waals surface area contributed by atoms with E-state index in [4.69, 9.17) is 14.5 Å². The number of hydrogen-bond acceptors (Lipinski definition) is 9. The maximum Gasteiger partial charge on any atom is 0.281 e. The minimum Gasteiger partial charge on any atom is -0.497 e. The first-order valence-corrected chi connectivity index (χ1v) is 14.6. The third-order valence-corrected chi connectivity index (χ3v) is 8.40. The first-order valence-electron chi connectivity index (χ1n) is 13.8. The standard InChI is InChI=1S/C31H29FN6O4S/c1-41-21-13-12-20(24(16-21)42-2)18-38-27(25-22(32)10-6-14-33-25)36-29-26(30(38)40)35-31(43-29)37-15-7-11-23(37)28(39)34-17-19-8-4-3-5-9-19/h3-6,8-10,12-14,16,23H,7,11,15,17-18H2,1-2H3,(H,34,39). The lowest BCUT2D eigenvalue weighted by Gasteiger charge is -2.23. The molecule has 1 unspecified atom stereocenters. The molecule has 12 heteroatoms. The monoisotopic (exact) mass is 600 g/mol. The average molecular weight is 601 g/mol. The topological polar surface area (TPSA) is 111 Å². The van der Waals surface area contributed by atoms with E-state index in [0.29, 0.717) is 46.5 Å². The number of anilines is 1. The van der Waals surface area contributed by atoms with Gasteiger partial charge in [-0.2, -0.15) is 0 Å². The highest BCUT2D eigenvalue weighted by Crippen LogP contribution is 2.33. The zero-order valence-electron chi connectivity index (χ0n) is 23.6. The van der Waals surface area contributed by atoms with Crippen molar-refractivity contribution in [3.8, 4) is 23.0 Å². The molecule has 0 radical (unpaired) electrons. The van der Waals surface area contributed by atoms with Gasteiger partial charge in [0.1, 0.15) is 23.2 Å². The molecule has 1 fully saturated rings. The summed E-state index contributed by atoms with van der Waals surface area (Å²) in [5.41, 5.74) is 1.31. The number of carbonyl (C=O) groups is 1. The lowest BCUT2D eigenvalue weighted by Crippen LogP contribution is -2.43. The Morgan fingerprint density at radius 3 is 2.70 bits per heavy atom. The van der Waals surface area contributed by atoms with Gasteiger partial charge in [-0.25, -0.2) is 19.3 Å². The van der Waals surface area contributed by atoms with Gasteiger partial charge in [-0.3, -0.25) is 14.2 Å². The van der Waals surface area contributed by atoms with Crippen LogP contribution in [0.2, 0.25) is 0 Å². The minimum atomic E-state index is -0.608. The Morgan fingerprint density at radius 1 is 1.09 bits per heavy atom. The quantitative estimate of drug-likeness (QED) is 0.265. The molecule has 0 bridgehead atoms. The van der Waals surface area contributed by atoms with Crippen molar-refractivity contribution in [2.24, 2.45) is 0 Å². The molecule has 1 saturated heterocycles. The fourth-order valence-electron chi connectivity index (χ4n) is 5.22. The van der Waals surface area contributed by atoms with E-state index in [1.165, 1.54) is 41.3 Å². The SMILES string of the molecule is COc1ccc(Cn2c(-c3ncccc3F)nc3sc(N4CCCC4C(=O)NCc4ccccc4)nc3c2=O)c(OC)c1. The van der Waals surface area contributed by atoms with Gasteiger partial charge in [0.15, 0.2) is 27.1 Å². The molecule has 10 nitrogen and oxygen atoms in total. The summed E-state index contributed by atoms with van der Waals surface area (Å²) in [6.07, 6.45) is 2.92. The number of ether oxygens (including phenoxy) is 2. The van der Waals surface area contributed by atoms with Gasteiger partial charge in [-0.1, -0.05) is 41.7 Å². The zero-order chi connectivity index (χ0) is 29.9. The number of rotatable bonds is 9. The number of nitrogens with zero attached hydrogens (tertiary/aromatic N) is 5. The average Bonchev–Trinajstić information content (AvgIpc) is 3.70. The molecule has 1 aliphatic rings. The van der Waals surface area contributed by atoms with Gasteiger partial charge in [0.25, 0.3) is 5.56 Å². The summed E-state index contributed by atoms with van der Waals surface area (Å²) in [5.74, 6) is 0.452. The fraction of sp³-hybridized carbons (Fsp3) is 0.258. The second-order valence-electron chi connectivity index (χ2n) is 10.0. The van der Waals surface area contributed by atoms with Gasteiger partial charge in [-0.15, -0.1) is 0 Å². The van der Waals surface area contributed by atoms with E-state index < -0.39 is 17.4 Å². The van der Waals surface area contributed by atoms with Crippen LogP contribution in [0.4, 0.5) is 9.52 Å². The highest BCUT2D eigenvalue weighted by atomic mass is 32.1. The van der Waals surface area contributed by atoms with Gasteiger partial charge in [0.2, 0.25) is 5.91 Å². The molecule has 6 rings (SSSR count). The zero-order valence-corrected chi connectivity index (χ0v) is 24.4. The van der Waals surface area contributed by atoms with E-state index in [1.54, 1.807) is 25.3 Å². The normalized spacial score (nSPS) is 14.7. The number of thiazole rings is 1. The van der Waals surface area contributed by atoms with Crippen molar-refractivity contribution in [3.63, 3.8) is 0 Å².